The van der Waals surface area contributed by atoms with Crippen molar-refractivity contribution >= 4 is 11.4 Å². The second kappa shape index (κ2) is 3.74. The van der Waals surface area contributed by atoms with Gasteiger partial charge in [-0.25, -0.2) is 0 Å². The predicted molar refractivity (Wildman–Crippen MR) is 61.9 cm³/mol. The van der Waals surface area contributed by atoms with E-state index in [2.05, 4.69) is 48.0 Å². The number of nitrogens with one attached hydrogen (secondary N) is 1. The number of likely N-dealkylation sites (N-methyl/N-ethyl adjacent to an activating group) is 1. The van der Waals surface area contributed by atoms with E-state index in [0.717, 1.165) is 13.1 Å². The number of hydrogen-bond donors (Lipinski definition) is 1. The Labute approximate surface area is 85.2 Å². The molecule has 0 fully saturated rings. The maximum absolute atomic E-state index is 3.84. The van der Waals surface area contributed by atoms with Crippen molar-refractivity contribution in [3.8, 4) is 0 Å². The molecule has 1 heterocycles. The Morgan fingerprint density at radius 3 is 3.07 bits per heavy atom. The van der Waals surface area contributed by atoms with Gasteiger partial charge in [-0.1, -0.05) is 18.2 Å². The number of hydrogen-bond acceptors (Lipinski definition) is 2. The molecule has 2 rings (SSSR count). The van der Waals surface area contributed by atoms with E-state index in [4.69, 9.17) is 0 Å². The maximum atomic E-state index is 3.84. The monoisotopic (exact) mass is 188 g/mol. The molecule has 1 aromatic carbocycles. The second-order valence-electron chi connectivity index (χ2n) is 3.54. The van der Waals surface area contributed by atoms with E-state index in [9.17, 15) is 0 Å². The number of benzene rings is 1. The number of fused-ring (bicyclic) bond motifs is 1. The summed E-state index contributed by atoms with van der Waals surface area (Å²) in [6.07, 6.45) is 1.97. The number of para-hydroxylation sites is 2. The Hall–Kier alpha value is -1.44. The lowest BCUT2D eigenvalue weighted by Crippen LogP contribution is -2.40. The van der Waals surface area contributed by atoms with Crippen LogP contribution >= 0.6 is 0 Å². The average molecular weight is 188 g/mol. The molecule has 1 N–H and O–H groups in total. The van der Waals surface area contributed by atoms with Crippen molar-refractivity contribution in [1.82, 2.24) is 0 Å². The fourth-order valence-electron chi connectivity index (χ4n) is 1.89. The van der Waals surface area contributed by atoms with Crippen molar-refractivity contribution in [2.75, 3.05) is 23.3 Å². The van der Waals surface area contributed by atoms with Gasteiger partial charge in [-0.2, -0.15) is 0 Å². The summed E-state index contributed by atoms with van der Waals surface area (Å²) in [5.41, 5.74) is 2.51. The van der Waals surface area contributed by atoms with Crippen LogP contribution in [0.25, 0.3) is 0 Å². The minimum atomic E-state index is 0.366. The standard InChI is InChI=1S/C12H16N2/c1-3-10-9-14(4-2)12-8-6-5-7-11(12)13-10/h3,5-8,10,13H,1,4,9H2,2H3. The molecule has 0 spiro atoms. The van der Waals surface area contributed by atoms with Crippen molar-refractivity contribution in [3.63, 3.8) is 0 Å². The molecule has 74 valence electrons. The van der Waals surface area contributed by atoms with Crippen LogP contribution in [0.2, 0.25) is 0 Å². The Balaban J connectivity index is 2.35. The molecule has 1 atom stereocenters. The number of rotatable bonds is 2. The van der Waals surface area contributed by atoms with Crippen LogP contribution in [0, 0.1) is 0 Å². The van der Waals surface area contributed by atoms with E-state index in [0.29, 0.717) is 6.04 Å². The van der Waals surface area contributed by atoms with E-state index in [-0.39, 0.29) is 0 Å². The molecule has 2 nitrogen and oxygen atoms in total. The minimum Gasteiger partial charge on any atom is -0.375 e. The highest BCUT2D eigenvalue weighted by atomic mass is 15.2. The topological polar surface area (TPSA) is 15.3 Å². The third-order valence-corrected chi connectivity index (χ3v) is 2.67. The van der Waals surface area contributed by atoms with E-state index >= 15 is 0 Å². The Bertz CT molecular complexity index is 333. The van der Waals surface area contributed by atoms with Gasteiger partial charge in [0.25, 0.3) is 0 Å². The molecule has 14 heavy (non-hydrogen) atoms. The van der Waals surface area contributed by atoms with Crippen LogP contribution in [-0.2, 0) is 0 Å². The lowest BCUT2D eigenvalue weighted by molar-refractivity contribution is 0.745. The fraction of sp³-hybridized carbons (Fsp3) is 0.333. The van der Waals surface area contributed by atoms with Crippen LogP contribution < -0.4 is 10.2 Å². The lowest BCUT2D eigenvalue weighted by Gasteiger charge is -2.35. The molecule has 0 amide bonds. The molecule has 0 aromatic heterocycles. The summed E-state index contributed by atoms with van der Waals surface area (Å²) in [4.78, 5) is 2.37. The summed E-state index contributed by atoms with van der Waals surface area (Å²) in [5.74, 6) is 0. The summed E-state index contributed by atoms with van der Waals surface area (Å²) in [6.45, 7) is 8.08. The van der Waals surface area contributed by atoms with Gasteiger partial charge in [-0.3, -0.25) is 0 Å². The van der Waals surface area contributed by atoms with Crippen LogP contribution in [0.4, 0.5) is 11.4 Å². The molecule has 1 unspecified atom stereocenters. The first-order valence-corrected chi connectivity index (χ1v) is 5.08. The highest BCUT2D eigenvalue weighted by Gasteiger charge is 2.19. The van der Waals surface area contributed by atoms with Crippen LogP contribution in [0.3, 0.4) is 0 Å². The molecule has 1 aliphatic rings. The second-order valence-corrected chi connectivity index (χ2v) is 3.54. The van der Waals surface area contributed by atoms with Gasteiger partial charge in [0.1, 0.15) is 0 Å². The highest BCUT2D eigenvalue weighted by Crippen LogP contribution is 2.30. The van der Waals surface area contributed by atoms with E-state index in [1.54, 1.807) is 0 Å². The Morgan fingerprint density at radius 1 is 1.57 bits per heavy atom. The van der Waals surface area contributed by atoms with Gasteiger partial charge in [0.05, 0.1) is 17.4 Å². The quantitative estimate of drug-likeness (QED) is 0.717. The number of anilines is 2. The lowest BCUT2D eigenvalue weighted by atomic mass is 10.1. The zero-order valence-electron chi connectivity index (χ0n) is 8.53. The third kappa shape index (κ3) is 1.48. The van der Waals surface area contributed by atoms with Gasteiger partial charge in [0.15, 0.2) is 0 Å². The van der Waals surface area contributed by atoms with Crippen LogP contribution in [0.1, 0.15) is 6.92 Å². The molecule has 2 heteroatoms. The van der Waals surface area contributed by atoms with E-state index < -0.39 is 0 Å². The minimum absolute atomic E-state index is 0.366. The Morgan fingerprint density at radius 2 is 2.36 bits per heavy atom. The first kappa shape index (κ1) is 9.13. The molecule has 0 bridgehead atoms. The van der Waals surface area contributed by atoms with Crippen molar-refractivity contribution in [2.24, 2.45) is 0 Å². The predicted octanol–water partition coefficient (Wildman–Crippen LogP) is 2.49. The van der Waals surface area contributed by atoms with Gasteiger partial charge in [0.2, 0.25) is 0 Å². The van der Waals surface area contributed by atoms with Crippen LogP contribution in [0.15, 0.2) is 36.9 Å². The molecule has 1 aliphatic heterocycles. The highest BCUT2D eigenvalue weighted by molar-refractivity contribution is 5.72. The van der Waals surface area contributed by atoms with E-state index in [1.807, 2.05) is 6.08 Å². The van der Waals surface area contributed by atoms with Gasteiger partial charge in [-0.05, 0) is 19.1 Å². The van der Waals surface area contributed by atoms with Gasteiger partial charge >= 0.3 is 0 Å². The Kier molecular flexibility index (Phi) is 2.44. The van der Waals surface area contributed by atoms with Crippen LogP contribution in [-0.4, -0.2) is 19.1 Å². The summed E-state index contributed by atoms with van der Waals surface area (Å²) in [7, 11) is 0. The van der Waals surface area contributed by atoms with Crippen molar-refractivity contribution in [2.45, 2.75) is 13.0 Å². The zero-order valence-corrected chi connectivity index (χ0v) is 8.53. The molecular weight excluding hydrogens is 172 g/mol. The maximum Gasteiger partial charge on any atom is 0.0617 e. The smallest absolute Gasteiger partial charge is 0.0617 e. The molecule has 0 radical (unpaired) electrons. The average Bonchev–Trinajstić information content (AvgIpc) is 2.27. The van der Waals surface area contributed by atoms with Crippen LogP contribution in [0.5, 0.6) is 0 Å². The largest absolute Gasteiger partial charge is 0.375 e. The van der Waals surface area contributed by atoms with Gasteiger partial charge in [-0.15, -0.1) is 6.58 Å². The van der Waals surface area contributed by atoms with Gasteiger partial charge in [0, 0.05) is 13.1 Å². The summed E-state index contributed by atoms with van der Waals surface area (Å²) < 4.78 is 0. The summed E-state index contributed by atoms with van der Waals surface area (Å²) >= 11 is 0. The van der Waals surface area contributed by atoms with Crippen molar-refractivity contribution in [3.05, 3.63) is 36.9 Å². The normalized spacial score (nSPS) is 19.8. The molecule has 0 saturated heterocycles. The van der Waals surface area contributed by atoms with E-state index in [1.165, 1.54) is 11.4 Å². The van der Waals surface area contributed by atoms with Crippen molar-refractivity contribution in [1.29, 1.82) is 0 Å². The first-order valence-electron chi connectivity index (χ1n) is 5.08. The number of nitrogens with zero attached hydrogens (tertiary/aromatic N) is 1. The molecule has 0 aliphatic carbocycles. The zero-order chi connectivity index (χ0) is 9.97. The first-order chi connectivity index (χ1) is 6.85. The molecule has 1 aromatic rings. The van der Waals surface area contributed by atoms with Gasteiger partial charge < -0.3 is 10.2 Å². The van der Waals surface area contributed by atoms with Crippen molar-refractivity contribution < 1.29 is 0 Å². The third-order valence-electron chi connectivity index (χ3n) is 2.67. The summed E-state index contributed by atoms with van der Waals surface area (Å²) in [6, 6.07) is 8.78. The molecular formula is C12H16N2. The molecule has 0 saturated carbocycles. The summed E-state index contributed by atoms with van der Waals surface area (Å²) in [5, 5.41) is 3.45. The fourth-order valence-corrected chi connectivity index (χ4v) is 1.89. The SMILES string of the molecule is C=CC1CN(CC)c2ccccc2N1.